The molecular formula is C89H157NO18. The zero-order chi connectivity index (χ0) is 78.1. The zero-order valence-corrected chi connectivity index (χ0v) is 67.3. The standard InChI is InChI=1S/C89H157NO18/c1-3-5-7-9-11-13-15-17-19-21-23-25-27-29-31-33-35-36-37-39-41-43-45-47-49-51-53-55-57-59-61-63-65-67-77(95)90-72(73(94)66-64-62-60-58-56-54-52-50-48-46-44-42-40-38-34-32-30-28-26-24-22-20-18-16-14-12-10-8-6-4-2)71-103-87-83(101)80(98)85(75(69-92)105-87)108-89-84(102)81(99)86(76(70-93)106-89)107-88-82(100)79(97)78(96)74(68-91)104-88/h5,7,11,13,17,19,23,25,29,31,48,50,56,58,64,66,72-76,78-89,91-94,96-102H,3-4,6,8-10,12,14-16,18,20-22,24,26-28,30,32-47,49,51-55,57,59-63,65,67-71H2,1-2H3,(H,90,95)/b7-5-,13-11-,19-17-,25-23-,31-29-,50-48+,58-56+,66-64+. The summed E-state index contributed by atoms with van der Waals surface area (Å²) in [5.74, 6) is -0.288. The van der Waals surface area contributed by atoms with Gasteiger partial charge in [0.15, 0.2) is 18.9 Å². The first-order valence-electron chi connectivity index (χ1n) is 43.5. The third-order valence-corrected chi connectivity index (χ3v) is 21.1. The minimum absolute atomic E-state index is 0.229. The van der Waals surface area contributed by atoms with Gasteiger partial charge in [-0.25, -0.2) is 0 Å². The lowest BCUT2D eigenvalue weighted by molar-refractivity contribution is -0.379. The number of unbranched alkanes of at least 4 members (excludes halogenated alkanes) is 39. The molecule has 19 nitrogen and oxygen atoms in total. The van der Waals surface area contributed by atoms with E-state index in [1.54, 1.807) is 6.08 Å². The van der Waals surface area contributed by atoms with Gasteiger partial charge < -0.3 is 89.9 Å². The Labute approximate surface area is 653 Å². The Morgan fingerprint density at radius 3 is 1.04 bits per heavy atom. The van der Waals surface area contributed by atoms with Gasteiger partial charge in [0.25, 0.3) is 0 Å². The quantitative estimate of drug-likeness (QED) is 0.0199. The molecule has 0 aromatic carbocycles. The van der Waals surface area contributed by atoms with Gasteiger partial charge in [-0.15, -0.1) is 0 Å². The highest BCUT2D eigenvalue weighted by Crippen LogP contribution is 2.33. The number of amides is 1. The van der Waals surface area contributed by atoms with E-state index in [1.807, 2.05) is 6.08 Å². The predicted octanol–water partition coefficient (Wildman–Crippen LogP) is 15.9. The number of aliphatic hydroxyl groups is 11. The van der Waals surface area contributed by atoms with Crippen LogP contribution in [0.1, 0.15) is 328 Å². The predicted molar refractivity (Wildman–Crippen MR) is 434 cm³/mol. The molecule has 108 heavy (non-hydrogen) atoms. The van der Waals surface area contributed by atoms with Crippen molar-refractivity contribution in [1.82, 2.24) is 5.32 Å². The summed E-state index contributed by atoms with van der Waals surface area (Å²) < 4.78 is 34.5. The van der Waals surface area contributed by atoms with Crippen molar-refractivity contribution in [3.63, 3.8) is 0 Å². The fraction of sp³-hybridized carbons (Fsp3) is 0.809. The van der Waals surface area contributed by atoms with Crippen molar-refractivity contribution in [3.8, 4) is 0 Å². The van der Waals surface area contributed by atoms with Crippen LogP contribution in [0.25, 0.3) is 0 Å². The van der Waals surface area contributed by atoms with Crippen molar-refractivity contribution in [2.75, 3.05) is 26.4 Å². The van der Waals surface area contributed by atoms with Crippen LogP contribution in [0.5, 0.6) is 0 Å². The van der Waals surface area contributed by atoms with Crippen molar-refractivity contribution < 1.29 is 89.4 Å². The summed E-state index contributed by atoms with van der Waals surface area (Å²) in [5.41, 5.74) is 0. The lowest BCUT2D eigenvalue weighted by atomic mass is 9.96. The second kappa shape index (κ2) is 68.1. The molecule has 0 aliphatic carbocycles. The molecule has 3 fully saturated rings. The van der Waals surface area contributed by atoms with E-state index in [0.29, 0.717) is 12.8 Å². The van der Waals surface area contributed by atoms with Crippen LogP contribution in [0.15, 0.2) is 97.2 Å². The maximum Gasteiger partial charge on any atom is 0.220 e. The summed E-state index contributed by atoms with van der Waals surface area (Å²) in [6, 6.07) is -1.00. The van der Waals surface area contributed by atoms with Gasteiger partial charge >= 0.3 is 0 Å². The fourth-order valence-corrected chi connectivity index (χ4v) is 14.2. The van der Waals surface area contributed by atoms with Gasteiger partial charge in [-0.3, -0.25) is 4.79 Å². The first kappa shape index (κ1) is 98.9. The first-order chi connectivity index (χ1) is 52.8. The molecule has 3 rings (SSSR count). The Bertz CT molecular complexity index is 2330. The number of ether oxygens (including phenoxy) is 6. The summed E-state index contributed by atoms with van der Waals surface area (Å²) in [6.45, 7) is 1.63. The van der Waals surface area contributed by atoms with E-state index in [2.05, 4.69) is 104 Å². The van der Waals surface area contributed by atoms with Gasteiger partial charge in [0.1, 0.15) is 73.2 Å². The number of hydrogen-bond acceptors (Lipinski definition) is 18. The highest BCUT2D eigenvalue weighted by Gasteiger charge is 2.54. The van der Waals surface area contributed by atoms with Gasteiger partial charge in [-0.1, -0.05) is 329 Å². The number of carbonyl (C=O) groups is 1. The zero-order valence-electron chi connectivity index (χ0n) is 67.3. The lowest BCUT2D eigenvalue weighted by Gasteiger charge is -2.48. The Balaban J connectivity index is 1.36. The van der Waals surface area contributed by atoms with Crippen molar-refractivity contribution >= 4 is 5.91 Å². The second-order valence-corrected chi connectivity index (χ2v) is 30.6. The molecule has 0 saturated carbocycles. The SMILES string of the molecule is CC/C=C\C/C=C\C/C=C\C/C=C\C/C=C\CCCCCCCCCCCCCCCCCCCC(=O)NC(COC1OC(CO)C(OC2OC(CO)C(OC3OC(CO)C(O)C(O)C3O)C(O)C2O)C(O)C1O)C(O)/C=C/CC/C=C/CC/C=C/CCCCCCCCCCCCCCCCCCCCCC. The summed E-state index contributed by atoms with van der Waals surface area (Å²) in [7, 11) is 0. The second-order valence-electron chi connectivity index (χ2n) is 30.6. The highest BCUT2D eigenvalue weighted by atomic mass is 16.8. The molecule has 17 atom stereocenters. The van der Waals surface area contributed by atoms with E-state index in [0.717, 1.165) is 77.0 Å². The van der Waals surface area contributed by atoms with E-state index in [9.17, 15) is 61.0 Å². The minimum atomic E-state index is -1.99. The van der Waals surface area contributed by atoms with Gasteiger partial charge in [-0.05, 0) is 89.9 Å². The number of hydrogen-bond donors (Lipinski definition) is 12. The van der Waals surface area contributed by atoms with E-state index in [4.69, 9.17) is 28.4 Å². The Hall–Kier alpha value is -3.29. The molecule has 12 N–H and O–H groups in total. The van der Waals surface area contributed by atoms with Crippen LogP contribution < -0.4 is 5.32 Å². The maximum absolute atomic E-state index is 13.5. The molecule has 626 valence electrons. The molecule has 17 unspecified atom stereocenters. The van der Waals surface area contributed by atoms with Crippen LogP contribution in [0, 0.1) is 0 Å². The molecule has 1 amide bonds. The molecule has 0 aromatic heterocycles. The van der Waals surface area contributed by atoms with E-state index < -0.39 is 124 Å². The van der Waals surface area contributed by atoms with E-state index in [1.165, 1.54) is 218 Å². The Kier molecular flexibility index (Phi) is 62.4. The largest absolute Gasteiger partial charge is 0.394 e. The average molecular weight is 1530 g/mol. The Morgan fingerprint density at radius 2 is 0.648 bits per heavy atom. The molecular weight excluding hydrogens is 1370 g/mol. The van der Waals surface area contributed by atoms with Gasteiger partial charge in [0.05, 0.1) is 38.6 Å². The van der Waals surface area contributed by atoms with Crippen molar-refractivity contribution in [2.45, 2.75) is 433 Å². The van der Waals surface area contributed by atoms with Crippen molar-refractivity contribution in [2.24, 2.45) is 0 Å². The van der Waals surface area contributed by atoms with E-state index >= 15 is 0 Å². The van der Waals surface area contributed by atoms with Crippen LogP contribution in [-0.4, -0.2) is 193 Å². The lowest BCUT2D eigenvalue weighted by Crippen LogP contribution is -2.66. The average Bonchev–Trinajstić information content (AvgIpc) is 0.779. The highest BCUT2D eigenvalue weighted by molar-refractivity contribution is 5.76. The van der Waals surface area contributed by atoms with Gasteiger partial charge in [0.2, 0.25) is 5.91 Å². The summed E-state index contributed by atoms with van der Waals surface area (Å²) in [5, 5.41) is 121. The number of aliphatic hydroxyl groups excluding tert-OH is 11. The molecule has 0 bridgehead atoms. The number of carbonyl (C=O) groups excluding carboxylic acids is 1. The molecule has 3 aliphatic rings. The maximum atomic E-state index is 13.5. The summed E-state index contributed by atoms with van der Waals surface area (Å²) in [4.78, 5) is 13.5. The third kappa shape index (κ3) is 46.8. The van der Waals surface area contributed by atoms with Gasteiger partial charge in [-0.2, -0.15) is 0 Å². The summed E-state index contributed by atoms with van der Waals surface area (Å²) in [6.07, 6.45) is 66.9. The first-order valence-corrected chi connectivity index (χ1v) is 43.5. The van der Waals surface area contributed by atoms with E-state index in [-0.39, 0.29) is 18.9 Å². The smallest absolute Gasteiger partial charge is 0.220 e. The number of nitrogens with one attached hydrogen (secondary N) is 1. The molecule has 3 aliphatic heterocycles. The number of allylic oxidation sites excluding steroid dienone is 15. The van der Waals surface area contributed by atoms with Gasteiger partial charge in [0, 0.05) is 6.42 Å². The molecule has 3 saturated heterocycles. The Morgan fingerprint density at radius 1 is 0.343 bits per heavy atom. The minimum Gasteiger partial charge on any atom is -0.394 e. The number of rotatable bonds is 69. The van der Waals surface area contributed by atoms with Crippen LogP contribution >= 0.6 is 0 Å². The van der Waals surface area contributed by atoms with Crippen molar-refractivity contribution in [3.05, 3.63) is 97.2 Å². The third-order valence-electron chi connectivity index (χ3n) is 21.1. The molecule has 0 aromatic rings. The molecule has 0 radical (unpaired) electrons. The molecule has 0 spiro atoms. The van der Waals surface area contributed by atoms with Crippen LogP contribution in [0.3, 0.4) is 0 Å². The van der Waals surface area contributed by atoms with Crippen molar-refractivity contribution in [1.29, 1.82) is 0 Å². The summed E-state index contributed by atoms with van der Waals surface area (Å²) >= 11 is 0. The topological polar surface area (TPSA) is 307 Å². The van der Waals surface area contributed by atoms with Crippen LogP contribution in [-0.2, 0) is 33.2 Å². The van der Waals surface area contributed by atoms with Crippen LogP contribution in [0.4, 0.5) is 0 Å². The normalized spacial score (nSPS) is 25.9. The monoisotopic (exact) mass is 1530 g/mol. The molecule has 3 heterocycles. The van der Waals surface area contributed by atoms with Crippen LogP contribution in [0.2, 0.25) is 0 Å². The molecule has 19 heteroatoms. The fourth-order valence-electron chi connectivity index (χ4n) is 14.2.